The van der Waals surface area contributed by atoms with Crippen LogP contribution in [0.2, 0.25) is 5.02 Å². The van der Waals surface area contributed by atoms with E-state index in [1.165, 1.54) is 0 Å². The van der Waals surface area contributed by atoms with Gasteiger partial charge in [-0.15, -0.1) is 0 Å². The van der Waals surface area contributed by atoms with Crippen LogP contribution in [0.25, 0.3) is 22.2 Å². The van der Waals surface area contributed by atoms with E-state index in [1.54, 1.807) is 0 Å². The average Bonchev–Trinajstić information content (AvgIpc) is 2.83. The molecule has 5 rings (SSSR count). The van der Waals surface area contributed by atoms with Crippen LogP contribution in [0.3, 0.4) is 0 Å². The molecule has 0 N–H and O–H groups in total. The minimum absolute atomic E-state index is 0.0125. The van der Waals surface area contributed by atoms with Crippen molar-refractivity contribution in [3.8, 4) is 11.3 Å². The van der Waals surface area contributed by atoms with Crippen molar-refractivity contribution in [3.05, 3.63) is 95.3 Å². The molecule has 1 aliphatic rings. The van der Waals surface area contributed by atoms with Crippen molar-refractivity contribution in [1.29, 1.82) is 0 Å². The van der Waals surface area contributed by atoms with Crippen molar-refractivity contribution in [2.45, 2.75) is 18.8 Å². The number of aromatic nitrogens is 2. The molecule has 4 nitrogen and oxygen atoms in total. The Morgan fingerprint density at radius 2 is 1.81 bits per heavy atom. The highest BCUT2D eigenvalue weighted by Crippen LogP contribution is 2.29. The van der Waals surface area contributed by atoms with Crippen LogP contribution >= 0.6 is 11.6 Å². The van der Waals surface area contributed by atoms with Crippen LogP contribution in [0.5, 0.6) is 0 Å². The highest BCUT2D eigenvalue weighted by atomic mass is 35.5. The predicted octanol–water partition coefficient (Wildman–Crippen LogP) is 5.97. The number of hydrogen-bond donors (Lipinski definition) is 0. The molecule has 2 aromatic heterocycles. The van der Waals surface area contributed by atoms with E-state index in [4.69, 9.17) is 16.6 Å². The molecule has 31 heavy (non-hydrogen) atoms. The number of nitrogens with zero attached hydrogens (tertiary/aromatic N) is 3. The molecule has 1 atom stereocenters. The summed E-state index contributed by atoms with van der Waals surface area (Å²) in [6.45, 7) is 1.40. The van der Waals surface area contributed by atoms with Gasteiger partial charge in [0.2, 0.25) is 0 Å². The smallest absolute Gasteiger partial charge is 0.272 e. The molecule has 0 aliphatic carbocycles. The van der Waals surface area contributed by atoms with E-state index in [0.717, 1.165) is 47.2 Å². The molecule has 1 fully saturated rings. The third-order valence-corrected chi connectivity index (χ3v) is 6.07. The summed E-state index contributed by atoms with van der Waals surface area (Å²) in [5, 5.41) is 1.74. The molecule has 154 valence electrons. The highest BCUT2D eigenvalue weighted by molar-refractivity contribution is 6.30. The van der Waals surface area contributed by atoms with Gasteiger partial charge in [0.15, 0.2) is 0 Å². The van der Waals surface area contributed by atoms with Gasteiger partial charge in [0.25, 0.3) is 5.91 Å². The fourth-order valence-electron chi connectivity index (χ4n) is 4.24. The number of likely N-dealkylation sites (tertiary alicyclic amines) is 1. The van der Waals surface area contributed by atoms with Gasteiger partial charge in [-0.25, -0.2) is 4.98 Å². The predicted molar refractivity (Wildman–Crippen MR) is 124 cm³/mol. The molecule has 1 aliphatic heterocycles. The largest absolute Gasteiger partial charge is 0.337 e. The van der Waals surface area contributed by atoms with Gasteiger partial charge < -0.3 is 4.90 Å². The Hall–Kier alpha value is -3.24. The number of amides is 1. The number of pyridine rings is 2. The van der Waals surface area contributed by atoms with Crippen LogP contribution in [0.1, 0.15) is 34.9 Å². The molecule has 1 saturated heterocycles. The maximum Gasteiger partial charge on any atom is 0.272 e. The molecular weight excluding hydrogens is 406 g/mol. The van der Waals surface area contributed by atoms with E-state index in [0.29, 0.717) is 17.3 Å². The van der Waals surface area contributed by atoms with Gasteiger partial charge in [-0.2, -0.15) is 0 Å². The molecule has 1 amide bonds. The summed E-state index contributed by atoms with van der Waals surface area (Å²) in [5.41, 5.74) is 4.26. The molecule has 0 radical (unpaired) electrons. The Morgan fingerprint density at radius 3 is 2.71 bits per heavy atom. The SMILES string of the molecule is O=C(c1ccc2ccccc2n1)N1CCCC(c2cccc(-c3cccc(Cl)c3)n2)C1. The van der Waals surface area contributed by atoms with E-state index >= 15 is 0 Å². The van der Waals surface area contributed by atoms with Crippen LogP contribution in [-0.4, -0.2) is 33.9 Å². The fourth-order valence-corrected chi connectivity index (χ4v) is 4.43. The molecule has 0 bridgehead atoms. The minimum atomic E-state index is -0.0125. The Labute approximate surface area is 186 Å². The van der Waals surface area contributed by atoms with Gasteiger partial charge >= 0.3 is 0 Å². The maximum absolute atomic E-state index is 13.2. The second kappa shape index (κ2) is 8.48. The highest BCUT2D eigenvalue weighted by Gasteiger charge is 2.27. The van der Waals surface area contributed by atoms with Crippen molar-refractivity contribution in [1.82, 2.24) is 14.9 Å². The summed E-state index contributed by atoms with van der Waals surface area (Å²) in [7, 11) is 0. The van der Waals surface area contributed by atoms with Crippen LogP contribution in [0, 0.1) is 0 Å². The summed E-state index contributed by atoms with van der Waals surface area (Å²) in [5.74, 6) is 0.193. The lowest BCUT2D eigenvalue weighted by Gasteiger charge is -2.32. The third-order valence-electron chi connectivity index (χ3n) is 5.84. The molecule has 5 heteroatoms. The lowest BCUT2D eigenvalue weighted by atomic mass is 9.93. The quantitative estimate of drug-likeness (QED) is 0.404. The Morgan fingerprint density at radius 1 is 0.935 bits per heavy atom. The molecule has 0 saturated carbocycles. The number of benzene rings is 2. The average molecular weight is 428 g/mol. The van der Waals surface area contributed by atoms with Crippen molar-refractivity contribution < 1.29 is 4.79 Å². The topological polar surface area (TPSA) is 46.1 Å². The van der Waals surface area contributed by atoms with Gasteiger partial charge in [-0.3, -0.25) is 9.78 Å². The van der Waals surface area contributed by atoms with E-state index in [9.17, 15) is 4.79 Å². The van der Waals surface area contributed by atoms with Crippen LogP contribution in [0.4, 0.5) is 0 Å². The van der Waals surface area contributed by atoms with Crippen molar-refractivity contribution in [2.24, 2.45) is 0 Å². The number of rotatable bonds is 3. The van der Waals surface area contributed by atoms with Crippen molar-refractivity contribution in [2.75, 3.05) is 13.1 Å². The zero-order chi connectivity index (χ0) is 21.2. The first-order chi connectivity index (χ1) is 15.2. The van der Waals surface area contributed by atoms with Gasteiger partial charge in [0, 0.05) is 40.7 Å². The summed E-state index contributed by atoms with van der Waals surface area (Å²) in [4.78, 5) is 24.6. The Balaban J connectivity index is 1.37. The zero-order valence-corrected chi connectivity index (χ0v) is 17.8. The number of fused-ring (bicyclic) bond motifs is 1. The standard InChI is InChI=1S/C26H22ClN3O/c27-21-9-3-7-19(16-21)23-11-4-12-24(28-23)20-8-5-15-30(17-20)26(31)25-14-13-18-6-1-2-10-22(18)29-25/h1-4,6-7,9-14,16,20H,5,8,15,17H2. The first kappa shape index (κ1) is 19.7. The summed E-state index contributed by atoms with van der Waals surface area (Å²) in [6.07, 6.45) is 1.97. The molecule has 0 spiro atoms. The monoisotopic (exact) mass is 427 g/mol. The Bertz CT molecular complexity index is 1260. The number of carbonyl (C=O) groups excluding carboxylic acids is 1. The van der Waals surface area contributed by atoms with E-state index in [-0.39, 0.29) is 11.8 Å². The summed E-state index contributed by atoms with van der Waals surface area (Å²) < 4.78 is 0. The number of para-hydroxylation sites is 1. The number of carbonyl (C=O) groups is 1. The number of hydrogen-bond acceptors (Lipinski definition) is 3. The van der Waals surface area contributed by atoms with Crippen molar-refractivity contribution in [3.63, 3.8) is 0 Å². The second-order valence-corrected chi connectivity index (χ2v) is 8.37. The van der Waals surface area contributed by atoms with E-state index < -0.39 is 0 Å². The lowest BCUT2D eigenvalue weighted by Crippen LogP contribution is -2.39. The molecule has 4 aromatic rings. The minimum Gasteiger partial charge on any atom is -0.337 e. The second-order valence-electron chi connectivity index (χ2n) is 7.94. The first-order valence-corrected chi connectivity index (χ1v) is 10.9. The number of halogens is 1. The summed E-state index contributed by atoms with van der Waals surface area (Å²) in [6, 6.07) is 25.5. The Kier molecular flexibility index (Phi) is 5.39. The number of piperidine rings is 1. The third kappa shape index (κ3) is 4.17. The van der Waals surface area contributed by atoms with Gasteiger partial charge in [-0.1, -0.05) is 54.1 Å². The molecule has 3 heterocycles. The first-order valence-electron chi connectivity index (χ1n) is 10.6. The van der Waals surface area contributed by atoms with Crippen LogP contribution < -0.4 is 0 Å². The van der Waals surface area contributed by atoms with Crippen LogP contribution in [-0.2, 0) is 0 Å². The van der Waals surface area contributed by atoms with E-state index in [2.05, 4.69) is 11.1 Å². The van der Waals surface area contributed by atoms with Crippen molar-refractivity contribution >= 4 is 28.4 Å². The molecule has 2 aromatic carbocycles. The van der Waals surface area contributed by atoms with E-state index in [1.807, 2.05) is 77.7 Å². The van der Waals surface area contributed by atoms with Gasteiger partial charge in [0.05, 0.1) is 11.2 Å². The lowest BCUT2D eigenvalue weighted by molar-refractivity contribution is 0.0700. The van der Waals surface area contributed by atoms with Gasteiger partial charge in [0.1, 0.15) is 5.69 Å². The molecular formula is C26H22ClN3O. The molecule has 1 unspecified atom stereocenters. The maximum atomic E-state index is 13.2. The van der Waals surface area contributed by atoms with Gasteiger partial charge in [-0.05, 0) is 49.2 Å². The normalized spacial score (nSPS) is 16.4. The summed E-state index contributed by atoms with van der Waals surface area (Å²) >= 11 is 6.15. The fraction of sp³-hybridized carbons (Fsp3) is 0.192. The zero-order valence-electron chi connectivity index (χ0n) is 17.0. The van der Waals surface area contributed by atoms with Crippen LogP contribution in [0.15, 0.2) is 78.9 Å².